The molecule has 0 unspecified atom stereocenters. The fourth-order valence-corrected chi connectivity index (χ4v) is 4.64. The minimum absolute atomic E-state index is 0.117. The molecule has 0 saturated heterocycles. The van der Waals surface area contributed by atoms with Gasteiger partial charge in [-0.2, -0.15) is 18.4 Å². The molecule has 0 saturated carbocycles. The molecular formula is C21H13ClF3N3O4S. The summed E-state index contributed by atoms with van der Waals surface area (Å²) >= 11 is 5.77. The van der Waals surface area contributed by atoms with E-state index in [0.29, 0.717) is 10.4 Å². The van der Waals surface area contributed by atoms with E-state index in [1.54, 1.807) is 12.1 Å². The topological polar surface area (TPSA) is 104 Å². The van der Waals surface area contributed by atoms with Gasteiger partial charge in [0.15, 0.2) is 0 Å². The normalized spacial score (nSPS) is 11.6. The van der Waals surface area contributed by atoms with Crippen molar-refractivity contribution in [3.63, 3.8) is 0 Å². The maximum atomic E-state index is 13.5. The number of rotatable bonds is 6. The molecule has 0 heterocycles. The van der Waals surface area contributed by atoms with E-state index in [1.807, 2.05) is 6.07 Å². The molecule has 0 radical (unpaired) electrons. The van der Waals surface area contributed by atoms with Gasteiger partial charge in [0.1, 0.15) is 5.02 Å². The Bertz CT molecular complexity index is 1370. The number of nitro groups is 1. The molecule has 0 amide bonds. The third-order valence-corrected chi connectivity index (χ3v) is 6.70. The first-order valence-electron chi connectivity index (χ1n) is 9.07. The van der Waals surface area contributed by atoms with Gasteiger partial charge >= 0.3 is 6.18 Å². The Labute approximate surface area is 191 Å². The van der Waals surface area contributed by atoms with Crippen molar-refractivity contribution in [3.8, 4) is 6.07 Å². The predicted octanol–water partition coefficient (Wildman–Crippen LogP) is 5.53. The first-order valence-corrected chi connectivity index (χ1v) is 10.9. The first kappa shape index (κ1) is 24.0. The van der Waals surface area contributed by atoms with Gasteiger partial charge in [-0.05, 0) is 42.0 Å². The highest BCUT2D eigenvalue weighted by molar-refractivity contribution is 7.92. The van der Waals surface area contributed by atoms with Crippen LogP contribution >= 0.6 is 11.6 Å². The van der Waals surface area contributed by atoms with Gasteiger partial charge in [0, 0.05) is 6.07 Å². The van der Waals surface area contributed by atoms with E-state index in [0.717, 1.165) is 36.4 Å². The van der Waals surface area contributed by atoms with E-state index >= 15 is 0 Å². The molecule has 7 nitrogen and oxygen atoms in total. The highest BCUT2D eigenvalue weighted by Crippen LogP contribution is 2.35. The molecule has 0 aromatic heterocycles. The fourth-order valence-electron chi connectivity index (χ4n) is 2.99. The van der Waals surface area contributed by atoms with Crippen molar-refractivity contribution in [1.82, 2.24) is 0 Å². The van der Waals surface area contributed by atoms with Crippen LogP contribution in [0.4, 0.5) is 24.5 Å². The monoisotopic (exact) mass is 495 g/mol. The van der Waals surface area contributed by atoms with Crippen molar-refractivity contribution in [2.75, 3.05) is 4.31 Å². The molecule has 0 aliphatic rings. The van der Waals surface area contributed by atoms with Crippen LogP contribution in [0.3, 0.4) is 0 Å². The molecule has 3 aromatic carbocycles. The Balaban J connectivity index is 2.22. The quantitative estimate of drug-likeness (QED) is 0.330. The zero-order valence-electron chi connectivity index (χ0n) is 16.5. The zero-order chi connectivity index (χ0) is 24.4. The number of benzene rings is 3. The van der Waals surface area contributed by atoms with Crippen molar-refractivity contribution < 1.29 is 26.5 Å². The van der Waals surface area contributed by atoms with Gasteiger partial charge in [-0.3, -0.25) is 14.4 Å². The second-order valence-corrected chi connectivity index (χ2v) is 8.97. The SMILES string of the molecule is N#Cc1ccccc1CN(c1cccc(C(F)(F)F)c1)S(=O)(=O)c1ccc(Cl)c([N+](=O)[O-])c1. The fraction of sp³-hybridized carbons (Fsp3) is 0.0952. The Hall–Kier alpha value is -3.62. The van der Waals surface area contributed by atoms with Crippen molar-refractivity contribution in [2.24, 2.45) is 0 Å². The summed E-state index contributed by atoms with van der Waals surface area (Å²) in [6, 6.07) is 14.3. The van der Waals surface area contributed by atoms with E-state index in [9.17, 15) is 37.0 Å². The summed E-state index contributed by atoms with van der Waals surface area (Å²) in [4.78, 5) is 9.80. The van der Waals surface area contributed by atoms with Crippen LogP contribution in [-0.2, 0) is 22.7 Å². The average Bonchev–Trinajstić information content (AvgIpc) is 2.77. The summed E-state index contributed by atoms with van der Waals surface area (Å²) in [5.41, 5.74) is -1.76. The maximum absolute atomic E-state index is 13.5. The van der Waals surface area contributed by atoms with E-state index < -0.39 is 43.8 Å². The highest BCUT2D eigenvalue weighted by Gasteiger charge is 2.33. The first-order chi connectivity index (χ1) is 15.4. The number of sulfonamides is 1. The predicted molar refractivity (Wildman–Crippen MR) is 114 cm³/mol. The van der Waals surface area contributed by atoms with Crippen LogP contribution in [0.1, 0.15) is 16.7 Å². The lowest BCUT2D eigenvalue weighted by molar-refractivity contribution is -0.384. The lowest BCUT2D eigenvalue weighted by atomic mass is 10.1. The molecule has 0 aliphatic heterocycles. The zero-order valence-corrected chi connectivity index (χ0v) is 18.0. The number of alkyl halides is 3. The van der Waals surface area contributed by atoms with Crippen LogP contribution in [0.5, 0.6) is 0 Å². The molecule has 0 fully saturated rings. The molecule has 3 aromatic rings. The highest BCUT2D eigenvalue weighted by atomic mass is 35.5. The summed E-state index contributed by atoms with van der Waals surface area (Å²) in [5.74, 6) is 0. The summed E-state index contributed by atoms with van der Waals surface area (Å²) in [7, 11) is -4.62. The minimum atomic E-state index is -4.74. The minimum Gasteiger partial charge on any atom is -0.262 e. The molecule has 0 N–H and O–H groups in total. The van der Waals surface area contributed by atoms with Crippen LogP contribution in [0.15, 0.2) is 71.6 Å². The van der Waals surface area contributed by atoms with Crippen LogP contribution in [0.2, 0.25) is 5.02 Å². The van der Waals surface area contributed by atoms with Crippen LogP contribution < -0.4 is 4.31 Å². The molecular weight excluding hydrogens is 483 g/mol. The molecule has 3 rings (SSSR count). The lowest BCUT2D eigenvalue weighted by Crippen LogP contribution is -2.31. The van der Waals surface area contributed by atoms with Crippen LogP contribution in [0.25, 0.3) is 0 Å². The number of hydrogen-bond donors (Lipinski definition) is 0. The number of nitrogens with zero attached hydrogens (tertiary/aromatic N) is 3. The molecule has 0 aliphatic carbocycles. The van der Waals surface area contributed by atoms with Gasteiger partial charge in [-0.1, -0.05) is 35.9 Å². The van der Waals surface area contributed by atoms with Crippen molar-refractivity contribution >= 4 is 33.0 Å². The van der Waals surface area contributed by atoms with Gasteiger partial charge in [0.05, 0.1) is 39.2 Å². The third-order valence-electron chi connectivity index (χ3n) is 4.62. The van der Waals surface area contributed by atoms with E-state index in [4.69, 9.17) is 11.6 Å². The second kappa shape index (κ2) is 9.09. The second-order valence-electron chi connectivity index (χ2n) is 6.70. The van der Waals surface area contributed by atoms with Gasteiger partial charge in [0.25, 0.3) is 15.7 Å². The number of halogens is 4. The van der Waals surface area contributed by atoms with Gasteiger partial charge in [-0.25, -0.2) is 8.42 Å². The number of hydrogen-bond acceptors (Lipinski definition) is 5. The Morgan fingerprint density at radius 1 is 1.06 bits per heavy atom. The average molecular weight is 496 g/mol. The number of anilines is 1. The summed E-state index contributed by atoms with van der Waals surface area (Å²) in [6.07, 6.45) is -4.74. The van der Waals surface area contributed by atoms with Crippen molar-refractivity contribution in [1.29, 1.82) is 5.26 Å². The summed E-state index contributed by atoms with van der Waals surface area (Å²) in [5, 5.41) is 20.3. The number of nitriles is 1. The summed E-state index contributed by atoms with van der Waals surface area (Å²) in [6.45, 7) is -0.496. The van der Waals surface area contributed by atoms with Crippen molar-refractivity contribution in [2.45, 2.75) is 17.6 Å². The molecule has 33 heavy (non-hydrogen) atoms. The Morgan fingerprint density at radius 2 is 1.76 bits per heavy atom. The molecule has 0 atom stereocenters. The maximum Gasteiger partial charge on any atom is 0.416 e. The van der Waals surface area contributed by atoms with Gasteiger partial charge in [0.2, 0.25) is 0 Å². The van der Waals surface area contributed by atoms with Gasteiger partial charge < -0.3 is 0 Å². The van der Waals surface area contributed by atoms with E-state index in [-0.39, 0.29) is 21.8 Å². The molecule has 0 bridgehead atoms. The van der Waals surface area contributed by atoms with E-state index in [2.05, 4.69) is 0 Å². The molecule has 12 heteroatoms. The molecule has 0 spiro atoms. The largest absolute Gasteiger partial charge is 0.416 e. The third kappa shape index (κ3) is 5.08. The Kier molecular flexibility index (Phi) is 6.62. The van der Waals surface area contributed by atoms with Crippen LogP contribution in [0, 0.1) is 21.4 Å². The smallest absolute Gasteiger partial charge is 0.262 e. The molecule has 170 valence electrons. The van der Waals surface area contributed by atoms with E-state index in [1.165, 1.54) is 12.1 Å². The van der Waals surface area contributed by atoms with Gasteiger partial charge in [-0.15, -0.1) is 0 Å². The standard InChI is InChI=1S/C21H13ClF3N3O4S/c22-19-9-8-18(11-20(19)28(29)30)33(31,32)27(13-15-5-2-1-4-14(15)12-26)17-7-3-6-16(10-17)21(23,24)25/h1-11H,13H2. The lowest BCUT2D eigenvalue weighted by Gasteiger charge is -2.26. The number of nitro benzene ring substituents is 1. The summed E-state index contributed by atoms with van der Waals surface area (Å²) < 4.78 is 67.5. The Morgan fingerprint density at radius 3 is 2.39 bits per heavy atom. The van der Waals surface area contributed by atoms with Crippen molar-refractivity contribution in [3.05, 3.63) is 98.6 Å². The van der Waals surface area contributed by atoms with Crippen LogP contribution in [-0.4, -0.2) is 13.3 Å².